The first-order chi connectivity index (χ1) is 14.1. The molecule has 0 radical (unpaired) electrons. The Kier molecular flexibility index (Phi) is 5.11. The first kappa shape index (κ1) is 18.5. The summed E-state index contributed by atoms with van der Waals surface area (Å²) in [5.74, 6) is -0.126. The molecule has 0 bridgehead atoms. The summed E-state index contributed by atoms with van der Waals surface area (Å²) in [5, 5.41) is 11.5. The lowest BCUT2D eigenvalue weighted by atomic mass is 10.2. The van der Waals surface area contributed by atoms with Crippen LogP contribution in [0.1, 0.15) is 11.1 Å². The first-order valence-electron chi connectivity index (χ1n) is 9.25. The largest absolute Gasteiger partial charge is 0.321 e. The minimum Gasteiger partial charge on any atom is -0.321 e. The number of carbonyl (C=O) groups excluding carboxylic acids is 1. The average molecular weight is 386 g/mol. The molecule has 4 aromatic rings. The number of aromatic nitrogens is 4. The monoisotopic (exact) mass is 386 g/mol. The predicted octanol–water partition coefficient (Wildman–Crippen LogP) is 2.07. The molecule has 0 aliphatic heterocycles. The van der Waals surface area contributed by atoms with Crippen LogP contribution in [0.2, 0.25) is 0 Å². The molecule has 2 aromatic heterocycles. The van der Waals surface area contributed by atoms with E-state index in [-0.39, 0.29) is 24.6 Å². The summed E-state index contributed by atoms with van der Waals surface area (Å²) in [6.45, 7) is 2.44. The highest BCUT2D eigenvalue weighted by molar-refractivity contribution is 5.89. The smallest absolute Gasteiger partial charge is 0.290 e. The standard InChI is InChI=1S/C22H19N5O2/c1-16-8-10-18(11-9-16)23-21(28)15-26-12-4-5-17(13-26)14-27-22(29)19-6-2-3-7-20(19)24-25-27/h2-13H,14-15H2,1H3/p+1. The number of nitrogens with zero attached hydrogens (tertiary/aromatic N) is 4. The molecule has 2 heterocycles. The molecular weight excluding hydrogens is 366 g/mol. The zero-order valence-corrected chi connectivity index (χ0v) is 15.9. The van der Waals surface area contributed by atoms with E-state index in [0.29, 0.717) is 10.9 Å². The van der Waals surface area contributed by atoms with Crippen molar-refractivity contribution in [3.63, 3.8) is 0 Å². The first-order valence-corrected chi connectivity index (χ1v) is 9.25. The summed E-state index contributed by atoms with van der Waals surface area (Å²) < 4.78 is 3.10. The molecule has 1 N–H and O–H groups in total. The molecule has 0 atom stereocenters. The molecule has 29 heavy (non-hydrogen) atoms. The van der Waals surface area contributed by atoms with Gasteiger partial charge in [-0.2, -0.15) is 4.57 Å². The summed E-state index contributed by atoms with van der Waals surface area (Å²) in [6.07, 6.45) is 3.64. The van der Waals surface area contributed by atoms with Crippen molar-refractivity contribution in [2.24, 2.45) is 0 Å². The van der Waals surface area contributed by atoms with Gasteiger partial charge in [0.2, 0.25) is 6.54 Å². The molecule has 144 valence electrons. The normalized spacial score (nSPS) is 10.8. The van der Waals surface area contributed by atoms with Gasteiger partial charge in [-0.15, -0.1) is 5.10 Å². The summed E-state index contributed by atoms with van der Waals surface area (Å²) in [4.78, 5) is 24.9. The molecule has 0 aliphatic carbocycles. The molecule has 0 aliphatic rings. The van der Waals surface area contributed by atoms with Gasteiger partial charge in [-0.1, -0.05) is 35.0 Å². The van der Waals surface area contributed by atoms with E-state index in [2.05, 4.69) is 15.6 Å². The van der Waals surface area contributed by atoms with E-state index in [1.807, 2.05) is 61.8 Å². The van der Waals surface area contributed by atoms with E-state index in [1.54, 1.807) is 22.8 Å². The number of hydrogen-bond donors (Lipinski definition) is 1. The van der Waals surface area contributed by atoms with Crippen molar-refractivity contribution < 1.29 is 9.36 Å². The number of benzene rings is 2. The van der Waals surface area contributed by atoms with Crippen LogP contribution in [0.15, 0.2) is 77.9 Å². The zero-order chi connectivity index (χ0) is 20.2. The molecule has 4 rings (SSSR count). The Labute approximate surface area is 167 Å². The summed E-state index contributed by atoms with van der Waals surface area (Å²) in [7, 11) is 0. The molecule has 0 fully saturated rings. The van der Waals surface area contributed by atoms with Crippen LogP contribution in [-0.2, 0) is 17.9 Å². The molecule has 7 nitrogen and oxygen atoms in total. The molecule has 2 aromatic carbocycles. The second kappa shape index (κ2) is 8.02. The third-order valence-corrected chi connectivity index (χ3v) is 4.54. The van der Waals surface area contributed by atoms with E-state index >= 15 is 0 Å². The van der Waals surface area contributed by atoms with Gasteiger partial charge in [0.15, 0.2) is 12.4 Å². The van der Waals surface area contributed by atoms with E-state index in [4.69, 9.17) is 0 Å². The highest BCUT2D eigenvalue weighted by Gasteiger charge is 2.12. The number of nitrogens with one attached hydrogen (secondary N) is 1. The third-order valence-electron chi connectivity index (χ3n) is 4.54. The van der Waals surface area contributed by atoms with Gasteiger partial charge in [0.05, 0.1) is 11.9 Å². The van der Waals surface area contributed by atoms with Gasteiger partial charge in [0, 0.05) is 17.3 Å². The highest BCUT2D eigenvalue weighted by Crippen LogP contribution is 2.08. The number of fused-ring (bicyclic) bond motifs is 1. The number of rotatable bonds is 5. The van der Waals surface area contributed by atoms with Crippen molar-refractivity contribution in [2.75, 3.05) is 5.32 Å². The topological polar surface area (TPSA) is 80.8 Å². The van der Waals surface area contributed by atoms with Crippen LogP contribution in [0.4, 0.5) is 5.69 Å². The van der Waals surface area contributed by atoms with Crippen LogP contribution < -0.4 is 15.4 Å². The fourth-order valence-electron chi connectivity index (χ4n) is 3.07. The molecule has 7 heteroatoms. The average Bonchev–Trinajstić information content (AvgIpc) is 2.72. The van der Waals surface area contributed by atoms with Gasteiger partial charge in [-0.25, -0.2) is 4.68 Å². The van der Waals surface area contributed by atoms with E-state index < -0.39 is 0 Å². The SMILES string of the molecule is Cc1ccc(NC(=O)C[n+]2cccc(Cn3nnc4ccccc4c3=O)c2)cc1. The molecular formula is C22H20N5O2+. The van der Waals surface area contributed by atoms with Crippen molar-refractivity contribution in [3.05, 3.63) is 94.5 Å². The Morgan fingerprint density at radius 2 is 1.86 bits per heavy atom. The lowest BCUT2D eigenvalue weighted by molar-refractivity contribution is -0.684. The van der Waals surface area contributed by atoms with Crippen LogP contribution in [0.3, 0.4) is 0 Å². The van der Waals surface area contributed by atoms with Crippen molar-refractivity contribution in [1.82, 2.24) is 15.0 Å². The maximum atomic E-state index is 12.6. The lowest BCUT2D eigenvalue weighted by Crippen LogP contribution is -2.40. The number of amides is 1. The van der Waals surface area contributed by atoms with Gasteiger partial charge < -0.3 is 5.32 Å². The van der Waals surface area contributed by atoms with Gasteiger partial charge in [-0.3, -0.25) is 9.59 Å². The lowest BCUT2D eigenvalue weighted by Gasteiger charge is -2.06. The van der Waals surface area contributed by atoms with Gasteiger partial charge >= 0.3 is 0 Å². The third kappa shape index (κ3) is 4.35. The Morgan fingerprint density at radius 1 is 1.07 bits per heavy atom. The van der Waals surface area contributed by atoms with Crippen LogP contribution in [0.5, 0.6) is 0 Å². The van der Waals surface area contributed by atoms with Crippen molar-refractivity contribution >= 4 is 22.5 Å². The maximum Gasteiger partial charge on any atom is 0.290 e. The number of carbonyl (C=O) groups is 1. The molecule has 0 unspecified atom stereocenters. The quantitative estimate of drug-likeness (QED) is 0.533. The number of anilines is 1. The number of hydrogen-bond acceptors (Lipinski definition) is 4. The number of pyridine rings is 1. The van der Waals surface area contributed by atoms with Crippen LogP contribution in [0, 0.1) is 6.92 Å². The minimum absolute atomic E-state index is 0.126. The molecule has 0 saturated heterocycles. The Hall–Kier alpha value is -3.87. The van der Waals surface area contributed by atoms with Crippen LogP contribution in [-0.4, -0.2) is 20.9 Å². The van der Waals surface area contributed by atoms with Gasteiger partial charge in [0.25, 0.3) is 11.5 Å². The van der Waals surface area contributed by atoms with Crippen LogP contribution in [0.25, 0.3) is 10.9 Å². The summed E-state index contributed by atoms with van der Waals surface area (Å²) in [6, 6.07) is 18.5. The van der Waals surface area contributed by atoms with E-state index in [9.17, 15) is 9.59 Å². The number of aryl methyl sites for hydroxylation is 1. The van der Waals surface area contributed by atoms with E-state index in [0.717, 1.165) is 16.8 Å². The predicted molar refractivity (Wildman–Crippen MR) is 109 cm³/mol. The zero-order valence-electron chi connectivity index (χ0n) is 15.9. The summed E-state index contributed by atoms with van der Waals surface area (Å²) >= 11 is 0. The van der Waals surface area contributed by atoms with E-state index in [1.165, 1.54) is 4.68 Å². The van der Waals surface area contributed by atoms with Crippen LogP contribution >= 0.6 is 0 Å². The fraction of sp³-hybridized carbons (Fsp3) is 0.136. The molecule has 0 spiro atoms. The Bertz CT molecular complexity index is 1230. The Morgan fingerprint density at radius 3 is 2.69 bits per heavy atom. The second-order valence-electron chi connectivity index (χ2n) is 6.87. The van der Waals surface area contributed by atoms with Crippen molar-refractivity contribution in [1.29, 1.82) is 0 Å². The van der Waals surface area contributed by atoms with Crippen molar-refractivity contribution in [2.45, 2.75) is 20.0 Å². The summed E-state index contributed by atoms with van der Waals surface area (Å²) in [5.41, 5.74) is 3.13. The highest BCUT2D eigenvalue weighted by atomic mass is 16.2. The fourth-order valence-corrected chi connectivity index (χ4v) is 3.07. The van der Waals surface area contributed by atoms with Gasteiger partial charge in [-0.05, 0) is 37.3 Å². The second-order valence-corrected chi connectivity index (χ2v) is 6.87. The molecule has 1 amide bonds. The van der Waals surface area contributed by atoms with Gasteiger partial charge in [0.1, 0.15) is 5.52 Å². The maximum absolute atomic E-state index is 12.6. The molecule has 0 saturated carbocycles. The Balaban J connectivity index is 1.49. The van der Waals surface area contributed by atoms with Crippen molar-refractivity contribution in [3.8, 4) is 0 Å². The minimum atomic E-state index is -0.192.